The van der Waals surface area contributed by atoms with Crippen LogP contribution in [0.3, 0.4) is 0 Å². The number of rotatable bonds is 3. The molecule has 0 aromatic carbocycles. The van der Waals surface area contributed by atoms with Gasteiger partial charge in [-0.05, 0) is 50.2 Å². The number of aromatic nitrogens is 1. The van der Waals surface area contributed by atoms with Crippen molar-refractivity contribution < 1.29 is 9.53 Å². The third-order valence-electron chi connectivity index (χ3n) is 4.29. The van der Waals surface area contributed by atoms with Crippen LogP contribution in [0.25, 0.3) is 0 Å². The van der Waals surface area contributed by atoms with Gasteiger partial charge in [-0.2, -0.15) is 0 Å². The molecule has 3 nitrogen and oxygen atoms in total. The average Bonchev–Trinajstić information content (AvgIpc) is 2.47. The van der Waals surface area contributed by atoms with Crippen molar-refractivity contribution >= 4 is 5.78 Å². The van der Waals surface area contributed by atoms with E-state index < -0.39 is 0 Å². The Hall–Kier alpha value is -1.22. The fourth-order valence-electron chi connectivity index (χ4n) is 3.26. The molecule has 0 radical (unpaired) electrons. The molecular formula is C16H21NO2. The Labute approximate surface area is 114 Å². The lowest BCUT2D eigenvalue weighted by Gasteiger charge is -2.26. The molecule has 0 bridgehead atoms. The van der Waals surface area contributed by atoms with Crippen molar-refractivity contribution in [2.45, 2.75) is 57.0 Å². The zero-order valence-electron chi connectivity index (χ0n) is 11.3. The van der Waals surface area contributed by atoms with Crippen LogP contribution in [0, 0.1) is 0 Å². The number of nitrogens with zero attached hydrogens (tertiary/aromatic N) is 1. The Balaban J connectivity index is 1.70. The molecular weight excluding hydrogens is 238 g/mol. The number of hydrogen-bond donors (Lipinski definition) is 0. The van der Waals surface area contributed by atoms with Gasteiger partial charge in [-0.3, -0.25) is 9.78 Å². The van der Waals surface area contributed by atoms with Crippen LogP contribution < -0.4 is 0 Å². The first-order chi connectivity index (χ1) is 9.34. The van der Waals surface area contributed by atoms with Gasteiger partial charge in [0.2, 0.25) is 0 Å². The van der Waals surface area contributed by atoms with Gasteiger partial charge in [0.25, 0.3) is 0 Å². The molecule has 19 heavy (non-hydrogen) atoms. The molecule has 3 rings (SSSR count). The topological polar surface area (TPSA) is 39.2 Å². The molecule has 2 aliphatic rings. The summed E-state index contributed by atoms with van der Waals surface area (Å²) in [6, 6.07) is 4.08. The van der Waals surface area contributed by atoms with Crippen molar-refractivity contribution in [2.75, 3.05) is 6.61 Å². The summed E-state index contributed by atoms with van der Waals surface area (Å²) in [6.07, 6.45) is 9.00. The van der Waals surface area contributed by atoms with E-state index in [0.717, 1.165) is 44.4 Å². The van der Waals surface area contributed by atoms with E-state index in [2.05, 4.69) is 11.1 Å². The summed E-state index contributed by atoms with van der Waals surface area (Å²) < 4.78 is 5.69. The molecule has 2 atom stereocenters. The number of fused-ring (bicyclic) bond motifs is 1. The quantitative estimate of drug-likeness (QED) is 0.837. The summed E-state index contributed by atoms with van der Waals surface area (Å²) in [4.78, 5) is 17.0. The normalized spacial score (nSPS) is 26.7. The van der Waals surface area contributed by atoms with Gasteiger partial charge >= 0.3 is 0 Å². The van der Waals surface area contributed by atoms with Crippen LogP contribution in [0.5, 0.6) is 0 Å². The van der Waals surface area contributed by atoms with Gasteiger partial charge in [-0.25, -0.2) is 0 Å². The molecule has 0 amide bonds. The third kappa shape index (κ3) is 2.86. The molecule has 0 spiro atoms. The Morgan fingerprint density at radius 3 is 3.11 bits per heavy atom. The highest BCUT2D eigenvalue weighted by Gasteiger charge is 2.29. The van der Waals surface area contributed by atoms with Gasteiger partial charge < -0.3 is 4.74 Å². The minimum Gasteiger partial charge on any atom is -0.378 e. The van der Waals surface area contributed by atoms with E-state index in [1.807, 2.05) is 12.3 Å². The minimum atomic E-state index is 0.00970. The number of ether oxygens (including phenoxy) is 1. The smallest absolute Gasteiger partial charge is 0.144 e. The Kier molecular flexibility index (Phi) is 3.92. The highest BCUT2D eigenvalue weighted by molar-refractivity contribution is 5.86. The van der Waals surface area contributed by atoms with Crippen LogP contribution in [-0.4, -0.2) is 23.5 Å². The van der Waals surface area contributed by atoms with Gasteiger partial charge in [0.1, 0.15) is 5.78 Å². The van der Waals surface area contributed by atoms with Crippen LogP contribution in [0.1, 0.15) is 55.7 Å². The fraction of sp³-hybridized carbons (Fsp3) is 0.625. The summed E-state index contributed by atoms with van der Waals surface area (Å²) in [7, 11) is 0. The SMILES string of the molecule is O=C(CC1CCCCO1)C1CCCc2cccnc21. The lowest BCUT2D eigenvalue weighted by Crippen LogP contribution is -2.27. The molecule has 1 aliphatic carbocycles. The number of aryl methyl sites for hydroxylation is 1. The van der Waals surface area contributed by atoms with Crippen LogP contribution in [0.4, 0.5) is 0 Å². The summed E-state index contributed by atoms with van der Waals surface area (Å²) in [5.41, 5.74) is 2.28. The van der Waals surface area contributed by atoms with Crippen molar-refractivity contribution in [3.63, 3.8) is 0 Å². The molecule has 0 saturated carbocycles. The van der Waals surface area contributed by atoms with E-state index in [0.29, 0.717) is 12.2 Å². The number of carbonyl (C=O) groups excluding carboxylic acids is 1. The minimum absolute atomic E-state index is 0.00970. The third-order valence-corrected chi connectivity index (χ3v) is 4.29. The Morgan fingerprint density at radius 2 is 2.26 bits per heavy atom. The highest BCUT2D eigenvalue weighted by Crippen LogP contribution is 2.32. The number of Topliss-reactive ketones (excluding diaryl/α,β-unsaturated/α-hetero) is 1. The molecule has 1 saturated heterocycles. The van der Waals surface area contributed by atoms with E-state index in [1.165, 1.54) is 12.0 Å². The predicted octanol–water partition coefficient (Wildman–Crippen LogP) is 3.03. The second-order valence-electron chi connectivity index (χ2n) is 5.65. The second kappa shape index (κ2) is 5.83. The maximum absolute atomic E-state index is 12.5. The van der Waals surface area contributed by atoms with Crippen LogP contribution in [0.2, 0.25) is 0 Å². The van der Waals surface area contributed by atoms with Crippen molar-refractivity contribution in [1.82, 2.24) is 4.98 Å². The predicted molar refractivity (Wildman–Crippen MR) is 73.1 cm³/mol. The number of hydrogen-bond acceptors (Lipinski definition) is 3. The maximum atomic E-state index is 12.5. The first-order valence-electron chi connectivity index (χ1n) is 7.42. The molecule has 1 aromatic heterocycles. The van der Waals surface area contributed by atoms with Crippen LogP contribution in [0.15, 0.2) is 18.3 Å². The summed E-state index contributed by atoms with van der Waals surface area (Å²) in [5, 5.41) is 0. The average molecular weight is 259 g/mol. The maximum Gasteiger partial charge on any atom is 0.144 e. The first kappa shape index (κ1) is 12.8. The molecule has 1 aromatic rings. The van der Waals surface area contributed by atoms with E-state index in [9.17, 15) is 4.79 Å². The zero-order chi connectivity index (χ0) is 13.1. The van der Waals surface area contributed by atoms with Gasteiger partial charge in [-0.1, -0.05) is 6.07 Å². The van der Waals surface area contributed by atoms with Crippen molar-refractivity contribution in [2.24, 2.45) is 0 Å². The first-order valence-corrected chi connectivity index (χ1v) is 7.42. The monoisotopic (exact) mass is 259 g/mol. The standard InChI is InChI=1S/C16H21NO2/c18-15(11-13-7-1-2-10-19-13)14-8-3-5-12-6-4-9-17-16(12)14/h4,6,9,13-14H,1-3,5,7-8,10-11H2. The Bertz CT molecular complexity index is 452. The number of pyridine rings is 1. The summed E-state index contributed by atoms with van der Waals surface area (Å²) in [5.74, 6) is 0.335. The molecule has 2 heterocycles. The number of carbonyl (C=O) groups is 1. The molecule has 102 valence electrons. The number of ketones is 1. The molecule has 1 aliphatic heterocycles. The van der Waals surface area contributed by atoms with Crippen molar-refractivity contribution in [3.8, 4) is 0 Å². The van der Waals surface area contributed by atoms with Crippen LogP contribution >= 0.6 is 0 Å². The lowest BCUT2D eigenvalue weighted by molar-refractivity contribution is -0.124. The van der Waals surface area contributed by atoms with Crippen molar-refractivity contribution in [3.05, 3.63) is 29.6 Å². The Morgan fingerprint density at radius 1 is 1.32 bits per heavy atom. The lowest BCUT2D eigenvalue weighted by atomic mass is 9.82. The molecule has 1 fully saturated rings. The van der Waals surface area contributed by atoms with Gasteiger partial charge in [-0.15, -0.1) is 0 Å². The molecule has 0 N–H and O–H groups in total. The van der Waals surface area contributed by atoms with Crippen LogP contribution in [-0.2, 0) is 16.0 Å². The second-order valence-corrected chi connectivity index (χ2v) is 5.65. The highest BCUT2D eigenvalue weighted by atomic mass is 16.5. The molecule has 3 heteroatoms. The summed E-state index contributed by atoms with van der Waals surface area (Å²) >= 11 is 0. The van der Waals surface area contributed by atoms with Gasteiger partial charge in [0.15, 0.2) is 0 Å². The fourth-order valence-corrected chi connectivity index (χ4v) is 3.26. The van der Waals surface area contributed by atoms with E-state index in [1.54, 1.807) is 0 Å². The van der Waals surface area contributed by atoms with Gasteiger partial charge in [0.05, 0.1) is 17.7 Å². The van der Waals surface area contributed by atoms with E-state index in [-0.39, 0.29) is 12.0 Å². The van der Waals surface area contributed by atoms with E-state index >= 15 is 0 Å². The van der Waals surface area contributed by atoms with E-state index in [4.69, 9.17) is 4.74 Å². The largest absolute Gasteiger partial charge is 0.378 e. The van der Waals surface area contributed by atoms with Gasteiger partial charge in [0, 0.05) is 19.2 Å². The zero-order valence-corrected chi connectivity index (χ0v) is 11.3. The summed E-state index contributed by atoms with van der Waals surface area (Å²) in [6.45, 7) is 0.817. The molecule has 2 unspecified atom stereocenters. The van der Waals surface area contributed by atoms with Crippen molar-refractivity contribution in [1.29, 1.82) is 0 Å².